The van der Waals surface area contributed by atoms with Crippen LogP contribution in [0.5, 0.6) is 0 Å². The van der Waals surface area contributed by atoms with Crippen LogP contribution in [0.15, 0.2) is 5.16 Å². The number of halogens is 2. The maximum absolute atomic E-state index is 13.2. The molecular formula is C7H8FIN2OS. The molecule has 0 aromatic carbocycles. The van der Waals surface area contributed by atoms with Gasteiger partial charge in [-0.25, -0.2) is 4.98 Å². The fraction of sp³-hybridized carbons (Fsp3) is 0.429. The van der Waals surface area contributed by atoms with Crippen LogP contribution >= 0.6 is 34.4 Å². The van der Waals surface area contributed by atoms with E-state index >= 15 is 0 Å². The summed E-state index contributed by atoms with van der Waals surface area (Å²) in [6, 6.07) is 0. The lowest BCUT2D eigenvalue weighted by atomic mass is 10.2. The van der Waals surface area contributed by atoms with Crippen molar-refractivity contribution in [2.24, 2.45) is 0 Å². The molecule has 3 nitrogen and oxygen atoms in total. The molecule has 0 saturated carbocycles. The molecule has 72 valence electrons. The maximum Gasteiger partial charge on any atom is 0.223 e. The molecule has 13 heavy (non-hydrogen) atoms. The molecule has 1 aromatic heterocycles. The summed E-state index contributed by atoms with van der Waals surface area (Å²) in [6.45, 7) is 1.49. The zero-order valence-electron chi connectivity index (χ0n) is 7.08. The van der Waals surface area contributed by atoms with E-state index in [9.17, 15) is 9.50 Å². The standard InChI is InChI=1S/C7H8FIN2OS/c1-3(12)4-5(8)10-7(13-2)11-6(4)9/h3,12H,1-2H3. The normalized spacial score (nSPS) is 13.0. The van der Waals surface area contributed by atoms with Gasteiger partial charge < -0.3 is 5.11 Å². The summed E-state index contributed by atoms with van der Waals surface area (Å²) in [7, 11) is 0. The number of aliphatic hydroxyl groups is 1. The molecule has 0 saturated heterocycles. The van der Waals surface area contributed by atoms with Crippen molar-refractivity contribution in [3.63, 3.8) is 0 Å². The second-order valence-corrected chi connectivity index (χ2v) is 4.18. The monoisotopic (exact) mass is 314 g/mol. The average molecular weight is 314 g/mol. The molecular weight excluding hydrogens is 306 g/mol. The first-order valence-electron chi connectivity index (χ1n) is 3.51. The third-order valence-electron chi connectivity index (χ3n) is 1.43. The molecule has 0 radical (unpaired) electrons. The Morgan fingerprint density at radius 2 is 2.15 bits per heavy atom. The number of aromatic nitrogens is 2. The molecule has 0 fully saturated rings. The summed E-state index contributed by atoms with van der Waals surface area (Å²) in [5, 5.41) is 9.60. The van der Waals surface area contributed by atoms with Crippen LogP contribution in [-0.4, -0.2) is 21.3 Å². The largest absolute Gasteiger partial charge is 0.388 e. The van der Waals surface area contributed by atoms with Gasteiger partial charge in [-0.1, -0.05) is 11.8 Å². The fourth-order valence-electron chi connectivity index (χ4n) is 0.835. The van der Waals surface area contributed by atoms with Gasteiger partial charge in [0.25, 0.3) is 0 Å². The average Bonchev–Trinajstić information content (AvgIpc) is 2.02. The van der Waals surface area contributed by atoms with Crippen molar-refractivity contribution in [2.45, 2.75) is 18.2 Å². The van der Waals surface area contributed by atoms with Crippen LogP contribution in [0.3, 0.4) is 0 Å². The summed E-state index contributed by atoms with van der Waals surface area (Å²) in [5.74, 6) is -0.640. The van der Waals surface area contributed by atoms with Crippen LogP contribution in [0, 0.1) is 9.65 Å². The van der Waals surface area contributed by atoms with Crippen LogP contribution in [-0.2, 0) is 0 Å². The molecule has 0 aliphatic carbocycles. The fourth-order valence-corrected chi connectivity index (χ4v) is 2.25. The van der Waals surface area contributed by atoms with Gasteiger partial charge >= 0.3 is 0 Å². The van der Waals surface area contributed by atoms with Crippen molar-refractivity contribution in [2.75, 3.05) is 6.26 Å². The minimum Gasteiger partial charge on any atom is -0.388 e. The van der Waals surface area contributed by atoms with E-state index in [1.165, 1.54) is 18.7 Å². The number of rotatable bonds is 2. The molecule has 1 rings (SSSR count). The molecule has 0 amide bonds. The molecule has 6 heteroatoms. The van der Waals surface area contributed by atoms with E-state index in [2.05, 4.69) is 9.97 Å². The maximum atomic E-state index is 13.2. The van der Waals surface area contributed by atoms with Gasteiger partial charge in [0.15, 0.2) is 5.16 Å². The smallest absolute Gasteiger partial charge is 0.223 e. The topological polar surface area (TPSA) is 46.0 Å². The summed E-state index contributed by atoms with van der Waals surface area (Å²) >= 11 is 3.15. The lowest BCUT2D eigenvalue weighted by Crippen LogP contribution is -2.05. The second kappa shape index (κ2) is 4.52. The molecule has 0 aliphatic rings. The molecule has 1 unspecified atom stereocenters. The van der Waals surface area contributed by atoms with Crippen LogP contribution in [0.1, 0.15) is 18.6 Å². The van der Waals surface area contributed by atoms with E-state index in [1.807, 2.05) is 22.6 Å². The van der Waals surface area contributed by atoms with Gasteiger partial charge in [-0.2, -0.15) is 9.37 Å². The van der Waals surface area contributed by atoms with Gasteiger partial charge in [-0.05, 0) is 35.8 Å². The van der Waals surface area contributed by atoms with Gasteiger partial charge in [-0.3, -0.25) is 0 Å². The van der Waals surface area contributed by atoms with E-state index in [0.29, 0.717) is 8.86 Å². The van der Waals surface area contributed by atoms with Gasteiger partial charge in [0.1, 0.15) is 3.70 Å². The Labute approximate surface area is 93.3 Å². The van der Waals surface area contributed by atoms with Crippen LogP contribution in [0.2, 0.25) is 0 Å². The van der Waals surface area contributed by atoms with Crippen molar-refractivity contribution >= 4 is 34.4 Å². The quantitative estimate of drug-likeness (QED) is 0.392. The molecule has 1 aromatic rings. The predicted molar refractivity (Wildman–Crippen MR) is 57.1 cm³/mol. The Kier molecular flexibility index (Phi) is 3.87. The SMILES string of the molecule is CSc1nc(F)c(C(C)O)c(I)n1. The van der Waals surface area contributed by atoms with E-state index < -0.39 is 12.1 Å². The number of nitrogens with zero attached hydrogens (tertiary/aromatic N) is 2. The first kappa shape index (κ1) is 11.1. The Morgan fingerprint density at radius 1 is 1.54 bits per heavy atom. The number of hydrogen-bond acceptors (Lipinski definition) is 4. The number of aliphatic hydroxyl groups excluding tert-OH is 1. The van der Waals surface area contributed by atoms with Gasteiger partial charge in [0.2, 0.25) is 5.95 Å². The predicted octanol–water partition coefficient (Wildman–Crippen LogP) is 2.00. The van der Waals surface area contributed by atoms with E-state index in [-0.39, 0.29) is 5.56 Å². The second-order valence-electron chi connectivity index (χ2n) is 2.38. The first-order valence-corrected chi connectivity index (χ1v) is 5.81. The minimum absolute atomic E-state index is 0.165. The first-order chi connectivity index (χ1) is 6.06. The van der Waals surface area contributed by atoms with Crippen molar-refractivity contribution in [1.82, 2.24) is 9.97 Å². The lowest BCUT2D eigenvalue weighted by Gasteiger charge is -2.08. The zero-order chi connectivity index (χ0) is 10.0. The third-order valence-corrected chi connectivity index (χ3v) is 2.80. The van der Waals surface area contributed by atoms with Crippen molar-refractivity contribution in [3.8, 4) is 0 Å². The highest BCUT2D eigenvalue weighted by atomic mass is 127. The molecule has 1 heterocycles. The summed E-state index contributed by atoms with van der Waals surface area (Å²) in [4.78, 5) is 7.61. The van der Waals surface area contributed by atoms with Crippen molar-refractivity contribution in [3.05, 3.63) is 15.2 Å². The van der Waals surface area contributed by atoms with E-state index in [1.54, 1.807) is 6.26 Å². The molecule has 1 atom stereocenters. The van der Waals surface area contributed by atoms with E-state index in [4.69, 9.17) is 0 Å². The highest BCUT2D eigenvalue weighted by molar-refractivity contribution is 14.1. The highest BCUT2D eigenvalue weighted by Crippen LogP contribution is 2.22. The van der Waals surface area contributed by atoms with Crippen molar-refractivity contribution in [1.29, 1.82) is 0 Å². The van der Waals surface area contributed by atoms with E-state index in [0.717, 1.165) is 0 Å². The minimum atomic E-state index is -0.872. The Bertz CT molecular complexity index is 298. The third kappa shape index (κ3) is 2.50. The summed E-state index contributed by atoms with van der Waals surface area (Å²) in [6.07, 6.45) is 0.898. The highest BCUT2D eigenvalue weighted by Gasteiger charge is 2.16. The van der Waals surface area contributed by atoms with Gasteiger partial charge in [0, 0.05) is 0 Å². The van der Waals surface area contributed by atoms with Crippen LogP contribution in [0.25, 0.3) is 0 Å². The number of hydrogen-bond donors (Lipinski definition) is 1. The summed E-state index contributed by atoms with van der Waals surface area (Å²) < 4.78 is 13.7. The number of thioether (sulfide) groups is 1. The lowest BCUT2D eigenvalue weighted by molar-refractivity contribution is 0.190. The van der Waals surface area contributed by atoms with Gasteiger partial charge in [-0.15, -0.1) is 0 Å². The molecule has 0 bridgehead atoms. The van der Waals surface area contributed by atoms with Gasteiger partial charge in [0.05, 0.1) is 11.7 Å². The Morgan fingerprint density at radius 3 is 2.54 bits per heavy atom. The van der Waals surface area contributed by atoms with Crippen molar-refractivity contribution < 1.29 is 9.50 Å². The molecule has 1 N–H and O–H groups in total. The van der Waals surface area contributed by atoms with Crippen LogP contribution in [0.4, 0.5) is 4.39 Å². The Balaban J connectivity index is 3.23. The molecule has 0 aliphatic heterocycles. The Hall–Kier alpha value is 0.0500. The van der Waals surface area contributed by atoms with Crippen LogP contribution < -0.4 is 0 Å². The zero-order valence-corrected chi connectivity index (χ0v) is 10.1. The summed E-state index contributed by atoms with van der Waals surface area (Å²) in [5.41, 5.74) is 0.165. The molecule has 0 spiro atoms.